The van der Waals surface area contributed by atoms with Gasteiger partial charge in [-0.2, -0.15) is 5.10 Å². The van der Waals surface area contributed by atoms with Crippen molar-refractivity contribution in [2.75, 3.05) is 17.7 Å². The van der Waals surface area contributed by atoms with Gasteiger partial charge in [0.2, 0.25) is 0 Å². The number of nitrogens with two attached hydrogens (primary N) is 1. The Labute approximate surface area is 181 Å². The van der Waals surface area contributed by atoms with Crippen LogP contribution in [0.1, 0.15) is 28.0 Å². The van der Waals surface area contributed by atoms with Gasteiger partial charge in [-0.05, 0) is 39.0 Å². The summed E-state index contributed by atoms with van der Waals surface area (Å²) in [6.45, 7) is 5.94. The number of carbonyl (C=O) groups excluding carboxylic acids is 1. The summed E-state index contributed by atoms with van der Waals surface area (Å²) in [5.74, 6) is -0.150. The quantitative estimate of drug-likeness (QED) is 0.399. The Morgan fingerprint density at radius 2 is 1.94 bits per heavy atom. The molecule has 4 heterocycles. The van der Waals surface area contributed by atoms with Gasteiger partial charge in [-0.3, -0.25) is 0 Å². The van der Waals surface area contributed by atoms with E-state index in [-0.39, 0.29) is 12.4 Å². The van der Waals surface area contributed by atoms with E-state index >= 15 is 0 Å². The molecule has 0 aliphatic carbocycles. The van der Waals surface area contributed by atoms with Gasteiger partial charge in [0.05, 0.1) is 17.4 Å². The molecule has 1 aromatic carbocycles. The summed E-state index contributed by atoms with van der Waals surface area (Å²) in [5.41, 5.74) is 10.8. The summed E-state index contributed by atoms with van der Waals surface area (Å²) in [6.07, 6.45) is 0. The summed E-state index contributed by atoms with van der Waals surface area (Å²) in [7, 11) is 0. The summed E-state index contributed by atoms with van der Waals surface area (Å²) >= 11 is 1.28. The molecular formula is C22H20N6O2S. The molecule has 0 saturated heterocycles. The Bertz CT molecular complexity index is 1470. The molecule has 8 nitrogen and oxygen atoms in total. The topological polar surface area (TPSA) is 107 Å². The van der Waals surface area contributed by atoms with Gasteiger partial charge in [0.25, 0.3) is 0 Å². The first-order chi connectivity index (χ1) is 15.0. The monoisotopic (exact) mass is 432 g/mol. The van der Waals surface area contributed by atoms with Crippen molar-refractivity contribution in [1.82, 2.24) is 19.6 Å². The minimum atomic E-state index is -0.432. The van der Waals surface area contributed by atoms with Crippen molar-refractivity contribution < 1.29 is 9.53 Å². The molecule has 156 valence electrons. The highest BCUT2D eigenvalue weighted by atomic mass is 32.1. The number of nitrogens with one attached hydrogen (secondary N) is 1. The zero-order valence-corrected chi connectivity index (χ0v) is 18.1. The van der Waals surface area contributed by atoms with Gasteiger partial charge in [0, 0.05) is 17.1 Å². The number of anilines is 3. The molecular weight excluding hydrogens is 412 g/mol. The van der Waals surface area contributed by atoms with Gasteiger partial charge in [0.15, 0.2) is 5.65 Å². The third-order valence-corrected chi connectivity index (χ3v) is 6.07. The van der Waals surface area contributed by atoms with E-state index in [0.717, 1.165) is 27.5 Å². The highest BCUT2D eigenvalue weighted by molar-refractivity contribution is 7.20. The van der Waals surface area contributed by atoms with E-state index in [1.807, 2.05) is 50.2 Å². The Morgan fingerprint density at radius 1 is 1.16 bits per heavy atom. The van der Waals surface area contributed by atoms with Crippen LogP contribution in [0.15, 0.2) is 36.4 Å². The molecule has 0 saturated carbocycles. The standard InChI is InChI=1S/C22H20N6O2S/c1-4-30-22(29)18-17-14(21(31-18)25-13-8-6-5-7-9-13)16-15(19(23)26-17)20-24-11(2)10-12(3)28(20)27-16/h5-10,25H,4H2,1-3H3,(H2,23,26). The molecule has 4 aromatic heterocycles. The molecule has 5 aromatic rings. The lowest BCUT2D eigenvalue weighted by Crippen LogP contribution is -2.03. The maximum atomic E-state index is 12.7. The van der Waals surface area contributed by atoms with Crippen LogP contribution in [0.2, 0.25) is 0 Å². The zero-order valence-electron chi connectivity index (χ0n) is 17.3. The van der Waals surface area contributed by atoms with Crippen LogP contribution in [0.3, 0.4) is 0 Å². The van der Waals surface area contributed by atoms with Crippen molar-refractivity contribution in [3.05, 3.63) is 52.7 Å². The number of carbonyl (C=O) groups is 1. The molecule has 9 heteroatoms. The van der Waals surface area contributed by atoms with E-state index in [0.29, 0.717) is 26.9 Å². The third kappa shape index (κ3) is 3.05. The number of esters is 1. The Kier molecular flexibility index (Phi) is 4.48. The maximum absolute atomic E-state index is 12.7. The second kappa shape index (κ2) is 7.21. The van der Waals surface area contributed by atoms with Crippen molar-refractivity contribution in [2.45, 2.75) is 20.8 Å². The van der Waals surface area contributed by atoms with Crippen LogP contribution in [0, 0.1) is 13.8 Å². The second-order valence-corrected chi connectivity index (χ2v) is 8.21. The molecule has 0 amide bonds. The van der Waals surface area contributed by atoms with Gasteiger partial charge >= 0.3 is 5.97 Å². The van der Waals surface area contributed by atoms with E-state index in [1.165, 1.54) is 11.3 Å². The van der Waals surface area contributed by atoms with Crippen molar-refractivity contribution in [3.63, 3.8) is 0 Å². The molecule has 3 N–H and O–H groups in total. The summed E-state index contributed by atoms with van der Waals surface area (Å²) < 4.78 is 7.04. The number of benzene rings is 1. The lowest BCUT2D eigenvalue weighted by atomic mass is 10.2. The zero-order chi connectivity index (χ0) is 21.7. The van der Waals surface area contributed by atoms with Crippen molar-refractivity contribution in [3.8, 4) is 0 Å². The number of thiophene rings is 1. The van der Waals surface area contributed by atoms with Crippen LogP contribution in [0.5, 0.6) is 0 Å². The number of hydrogen-bond acceptors (Lipinski definition) is 8. The van der Waals surface area contributed by atoms with Gasteiger partial charge in [-0.1, -0.05) is 18.2 Å². The molecule has 0 aliphatic heterocycles. The second-order valence-electron chi connectivity index (χ2n) is 7.19. The van der Waals surface area contributed by atoms with Gasteiger partial charge < -0.3 is 15.8 Å². The highest BCUT2D eigenvalue weighted by Crippen LogP contribution is 2.42. The summed E-state index contributed by atoms with van der Waals surface area (Å²) in [6, 6.07) is 11.7. The number of nitrogen functional groups attached to an aromatic ring is 1. The molecule has 0 atom stereocenters. The molecule has 0 radical (unpaired) electrons. The summed E-state index contributed by atoms with van der Waals surface area (Å²) in [5, 5.41) is 10.4. The first kappa shape index (κ1) is 19.3. The van der Waals surface area contributed by atoms with Gasteiger partial charge in [0.1, 0.15) is 26.7 Å². The van der Waals surface area contributed by atoms with Crippen molar-refractivity contribution in [2.24, 2.45) is 0 Å². The van der Waals surface area contributed by atoms with Crippen molar-refractivity contribution >= 4 is 61.3 Å². The molecule has 5 rings (SSSR count). The number of pyridine rings is 1. The lowest BCUT2D eigenvalue weighted by Gasteiger charge is -2.04. The van der Waals surface area contributed by atoms with Crippen molar-refractivity contribution in [1.29, 1.82) is 0 Å². The smallest absolute Gasteiger partial charge is 0.350 e. The summed E-state index contributed by atoms with van der Waals surface area (Å²) in [4.78, 5) is 22.3. The highest BCUT2D eigenvalue weighted by Gasteiger charge is 2.26. The molecule has 0 unspecified atom stereocenters. The Balaban J connectivity index is 1.88. The minimum absolute atomic E-state index is 0.272. The number of para-hydroxylation sites is 1. The van der Waals surface area contributed by atoms with E-state index in [4.69, 9.17) is 15.6 Å². The fourth-order valence-corrected chi connectivity index (χ4v) is 4.79. The lowest BCUT2D eigenvalue weighted by molar-refractivity contribution is 0.0534. The number of hydrogen-bond donors (Lipinski definition) is 2. The largest absolute Gasteiger partial charge is 0.462 e. The van der Waals surface area contributed by atoms with Gasteiger partial charge in [-0.25, -0.2) is 19.3 Å². The van der Waals surface area contributed by atoms with E-state index < -0.39 is 5.97 Å². The molecule has 0 spiro atoms. The Morgan fingerprint density at radius 3 is 2.68 bits per heavy atom. The van der Waals surface area contributed by atoms with E-state index in [2.05, 4.69) is 15.3 Å². The molecule has 0 bridgehead atoms. The number of aryl methyl sites for hydroxylation is 2. The van der Waals surface area contributed by atoms with Crippen LogP contribution in [0.25, 0.3) is 27.5 Å². The minimum Gasteiger partial charge on any atom is -0.462 e. The molecule has 0 aliphatic rings. The number of fused-ring (bicyclic) bond motifs is 5. The van der Waals surface area contributed by atoms with E-state index in [1.54, 1.807) is 11.4 Å². The number of rotatable bonds is 4. The fraction of sp³-hybridized carbons (Fsp3) is 0.182. The number of nitrogens with zero attached hydrogens (tertiary/aromatic N) is 4. The van der Waals surface area contributed by atoms with Gasteiger partial charge in [-0.15, -0.1) is 11.3 Å². The molecule has 0 fully saturated rings. The SMILES string of the molecule is CCOC(=O)c1sc(Nc2ccccc2)c2c1nc(N)c1c2nn2c(C)cc(C)nc12. The molecule has 31 heavy (non-hydrogen) atoms. The normalized spacial score (nSPS) is 11.5. The number of aromatic nitrogens is 4. The van der Waals surface area contributed by atoms with E-state index in [9.17, 15) is 4.79 Å². The third-order valence-electron chi connectivity index (χ3n) is 5.00. The average molecular weight is 433 g/mol. The van der Waals surface area contributed by atoms with Crippen LogP contribution >= 0.6 is 11.3 Å². The first-order valence-electron chi connectivity index (χ1n) is 9.85. The first-order valence-corrected chi connectivity index (χ1v) is 10.7. The van der Waals surface area contributed by atoms with Crippen LogP contribution in [0.4, 0.5) is 16.5 Å². The predicted octanol–water partition coefficient (Wildman–Crippen LogP) is 4.61. The van der Waals surface area contributed by atoms with Crippen LogP contribution in [-0.2, 0) is 4.74 Å². The number of ether oxygens (including phenoxy) is 1. The fourth-order valence-electron chi connectivity index (χ4n) is 3.73. The average Bonchev–Trinajstić information content (AvgIpc) is 3.28. The van der Waals surface area contributed by atoms with Crippen LogP contribution < -0.4 is 11.1 Å². The van der Waals surface area contributed by atoms with Crippen LogP contribution in [-0.4, -0.2) is 32.2 Å². The predicted molar refractivity (Wildman–Crippen MR) is 123 cm³/mol. The Hall–Kier alpha value is -3.72. The maximum Gasteiger partial charge on any atom is 0.350 e.